The van der Waals surface area contributed by atoms with Gasteiger partial charge in [-0.25, -0.2) is 4.79 Å². The summed E-state index contributed by atoms with van der Waals surface area (Å²) in [6.07, 6.45) is 3.32. The van der Waals surface area contributed by atoms with Crippen LogP contribution in [0.2, 0.25) is 0 Å². The van der Waals surface area contributed by atoms with Gasteiger partial charge >= 0.3 is 5.97 Å². The molecule has 0 spiro atoms. The molecule has 0 unspecified atom stereocenters. The number of hydrogen-bond acceptors (Lipinski definition) is 5. The zero-order chi connectivity index (χ0) is 12.3. The van der Waals surface area contributed by atoms with Gasteiger partial charge < -0.3 is 19.7 Å². The molecule has 2 rings (SSSR count). The molecule has 1 aliphatic carbocycles. The van der Waals surface area contributed by atoms with Crippen LogP contribution in [0.25, 0.3) is 0 Å². The smallest absolute Gasteiger partial charge is 0.358 e. The van der Waals surface area contributed by atoms with E-state index in [1.807, 2.05) is 0 Å². The first-order valence-corrected chi connectivity index (χ1v) is 5.60. The molecule has 94 valence electrons. The maximum atomic E-state index is 10.6. The van der Waals surface area contributed by atoms with E-state index in [2.05, 4.69) is 10.5 Å². The highest BCUT2D eigenvalue weighted by Gasteiger charge is 2.36. The van der Waals surface area contributed by atoms with E-state index in [9.17, 15) is 4.79 Å². The third-order valence-corrected chi connectivity index (χ3v) is 3.22. The summed E-state index contributed by atoms with van der Waals surface area (Å²) >= 11 is 0. The normalized spacial score (nSPS) is 17.7. The zero-order valence-corrected chi connectivity index (χ0v) is 9.73. The lowest BCUT2D eigenvalue weighted by Crippen LogP contribution is -2.47. The van der Waals surface area contributed by atoms with Gasteiger partial charge in [0.05, 0.1) is 12.1 Å². The number of nitrogens with zero attached hydrogens (tertiary/aromatic N) is 1. The van der Waals surface area contributed by atoms with Crippen LogP contribution in [-0.2, 0) is 11.3 Å². The van der Waals surface area contributed by atoms with E-state index >= 15 is 0 Å². The minimum absolute atomic E-state index is 0.0460. The van der Waals surface area contributed by atoms with Gasteiger partial charge in [0, 0.05) is 19.7 Å². The molecule has 1 aromatic heterocycles. The lowest BCUT2D eigenvalue weighted by Gasteiger charge is -2.40. The maximum absolute atomic E-state index is 10.6. The van der Waals surface area contributed by atoms with Crippen molar-refractivity contribution in [3.63, 3.8) is 0 Å². The van der Waals surface area contributed by atoms with Gasteiger partial charge in [0.1, 0.15) is 0 Å². The molecule has 0 radical (unpaired) electrons. The summed E-state index contributed by atoms with van der Waals surface area (Å²) < 4.78 is 10.3. The summed E-state index contributed by atoms with van der Waals surface area (Å²) in [6.45, 7) is 1.21. The average molecular weight is 240 g/mol. The van der Waals surface area contributed by atoms with Gasteiger partial charge in [-0.3, -0.25) is 0 Å². The number of hydrogen-bond donors (Lipinski definition) is 2. The average Bonchev–Trinajstić information content (AvgIpc) is 2.71. The number of aromatic carboxylic acids is 1. The van der Waals surface area contributed by atoms with Gasteiger partial charge in [-0.05, 0) is 19.3 Å². The maximum Gasteiger partial charge on any atom is 0.358 e. The first kappa shape index (κ1) is 12.1. The molecule has 0 amide bonds. The fourth-order valence-electron chi connectivity index (χ4n) is 1.93. The highest BCUT2D eigenvalue weighted by Crippen LogP contribution is 2.34. The molecule has 0 aliphatic heterocycles. The molecule has 0 saturated heterocycles. The van der Waals surface area contributed by atoms with E-state index in [1.165, 1.54) is 12.5 Å². The largest absolute Gasteiger partial charge is 0.476 e. The number of carboxylic acid groups (broad SMARTS) is 1. The molecule has 0 bridgehead atoms. The van der Waals surface area contributed by atoms with Crippen molar-refractivity contribution < 1.29 is 19.2 Å². The molecule has 1 aromatic rings. The molecule has 1 fully saturated rings. The molecule has 6 heteroatoms. The van der Waals surface area contributed by atoms with Crippen molar-refractivity contribution >= 4 is 5.97 Å². The van der Waals surface area contributed by atoms with E-state index in [1.54, 1.807) is 7.11 Å². The molecule has 6 nitrogen and oxygen atoms in total. The number of carbonyl (C=O) groups is 1. The molecule has 1 heterocycles. The molecule has 1 saturated carbocycles. The van der Waals surface area contributed by atoms with Crippen LogP contribution in [-0.4, -0.2) is 35.5 Å². The van der Waals surface area contributed by atoms with Gasteiger partial charge in [0.25, 0.3) is 0 Å². The second-order valence-electron chi connectivity index (χ2n) is 4.33. The lowest BCUT2D eigenvalue weighted by atomic mass is 9.80. The third kappa shape index (κ3) is 2.65. The van der Waals surface area contributed by atoms with Gasteiger partial charge in [0.15, 0.2) is 11.5 Å². The van der Waals surface area contributed by atoms with Crippen LogP contribution in [0.5, 0.6) is 0 Å². The fourth-order valence-corrected chi connectivity index (χ4v) is 1.93. The minimum atomic E-state index is -1.08. The SMILES string of the molecule is COC1(CNCc2cc(C(=O)O)no2)CCC1. The molecule has 0 atom stereocenters. The number of ether oxygens (including phenoxy) is 1. The van der Waals surface area contributed by atoms with E-state index in [4.69, 9.17) is 14.4 Å². The standard InChI is InChI=1S/C11H16N2O4/c1-16-11(3-2-4-11)7-12-6-8-5-9(10(14)15)13-17-8/h5,12H,2-4,6-7H2,1H3,(H,14,15). The fraction of sp³-hybridized carbons (Fsp3) is 0.636. The van der Waals surface area contributed by atoms with Crippen LogP contribution in [0.1, 0.15) is 35.5 Å². The van der Waals surface area contributed by atoms with Crippen molar-refractivity contribution in [1.82, 2.24) is 10.5 Å². The van der Waals surface area contributed by atoms with Crippen LogP contribution in [0.15, 0.2) is 10.6 Å². The highest BCUT2D eigenvalue weighted by molar-refractivity contribution is 5.85. The quantitative estimate of drug-likeness (QED) is 0.772. The van der Waals surface area contributed by atoms with Gasteiger partial charge in [-0.15, -0.1) is 0 Å². The molecular formula is C11H16N2O4. The Morgan fingerprint density at radius 1 is 1.71 bits per heavy atom. The summed E-state index contributed by atoms with van der Waals surface area (Å²) in [7, 11) is 1.72. The van der Waals surface area contributed by atoms with Crippen molar-refractivity contribution in [2.24, 2.45) is 0 Å². The lowest BCUT2D eigenvalue weighted by molar-refractivity contribution is -0.0697. The van der Waals surface area contributed by atoms with Crippen molar-refractivity contribution in [2.75, 3.05) is 13.7 Å². The number of methoxy groups -OCH3 is 1. The van der Waals surface area contributed by atoms with Crippen LogP contribution in [0, 0.1) is 0 Å². The van der Waals surface area contributed by atoms with Crippen molar-refractivity contribution in [3.05, 3.63) is 17.5 Å². The van der Waals surface area contributed by atoms with Crippen molar-refractivity contribution in [1.29, 1.82) is 0 Å². The van der Waals surface area contributed by atoms with E-state index in [-0.39, 0.29) is 11.3 Å². The van der Waals surface area contributed by atoms with Crippen LogP contribution in [0.3, 0.4) is 0 Å². The topological polar surface area (TPSA) is 84.6 Å². The Balaban J connectivity index is 1.79. The molecular weight excluding hydrogens is 224 g/mol. The number of rotatable bonds is 6. The Labute approximate surface area is 98.9 Å². The Morgan fingerprint density at radius 2 is 2.47 bits per heavy atom. The van der Waals surface area contributed by atoms with E-state index < -0.39 is 5.97 Å². The second kappa shape index (κ2) is 4.85. The van der Waals surface area contributed by atoms with E-state index in [0.717, 1.165) is 19.4 Å². The Bertz CT molecular complexity index is 392. The summed E-state index contributed by atoms with van der Waals surface area (Å²) in [4.78, 5) is 10.6. The third-order valence-electron chi connectivity index (χ3n) is 3.22. The summed E-state index contributed by atoms with van der Waals surface area (Å²) in [5.41, 5.74) is -0.109. The van der Waals surface area contributed by atoms with E-state index in [0.29, 0.717) is 12.3 Å². The monoisotopic (exact) mass is 240 g/mol. The Morgan fingerprint density at radius 3 is 2.94 bits per heavy atom. The molecule has 2 N–H and O–H groups in total. The Kier molecular flexibility index (Phi) is 3.44. The first-order valence-electron chi connectivity index (χ1n) is 5.60. The first-order chi connectivity index (χ1) is 8.15. The van der Waals surface area contributed by atoms with Crippen LogP contribution in [0.4, 0.5) is 0 Å². The van der Waals surface area contributed by atoms with Crippen LogP contribution >= 0.6 is 0 Å². The predicted octanol–water partition coefficient (Wildman–Crippen LogP) is 1.03. The molecule has 17 heavy (non-hydrogen) atoms. The molecule has 0 aromatic carbocycles. The molecule has 1 aliphatic rings. The van der Waals surface area contributed by atoms with Crippen LogP contribution < -0.4 is 5.32 Å². The summed E-state index contributed by atoms with van der Waals surface area (Å²) in [5, 5.41) is 15.3. The Hall–Kier alpha value is -1.40. The van der Waals surface area contributed by atoms with Gasteiger partial charge in [-0.2, -0.15) is 0 Å². The second-order valence-corrected chi connectivity index (χ2v) is 4.33. The number of aromatic nitrogens is 1. The van der Waals surface area contributed by atoms with Gasteiger partial charge in [-0.1, -0.05) is 5.16 Å². The minimum Gasteiger partial charge on any atom is -0.476 e. The number of carboxylic acids is 1. The summed E-state index contributed by atoms with van der Waals surface area (Å²) in [6, 6.07) is 1.43. The van der Waals surface area contributed by atoms with Crippen molar-refractivity contribution in [3.8, 4) is 0 Å². The highest BCUT2D eigenvalue weighted by atomic mass is 16.5. The zero-order valence-electron chi connectivity index (χ0n) is 9.73. The van der Waals surface area contributed by atoms with Crippen molar-refractivity contribution in [2.45, 2.75) is 31.4 Å². The summed E-state index contributed by atoms with van der Waals surface area (Å²) in [5.74, 6) is -0.555. The van der Waals surface area contributed by atoms with Gasteiger partial charge in [0.2, 0.25) is 0 Å². The predicted molar refractivity (Wildman–Crippen MR) is 58.8 cm³/mol. The number of nitrogens with one attached hydrogen (secondary N) is 1.